The fourth-order valence-electron chi connectivity index (χ4n) is 4.17. The van der Waals surface area contributed by atoms with Crippen LogP contribution in [0.4, 0.5) is 5.69 Å². The molecule has 3 rings (SSSR count). The third-order valence-corrected chi connectivity index (χ3v) is 7.89. The highest BCUT2D eigenvalue weighted by molar-refractivity contribution is 7.89. The zero-order valence-electron chi connectivity index (χ0n) is 18.4. The predicted octanol–water partition coefficient (Wildman–Crippen LogP) is -1.26. The Morgan fingerprint density at radius 1 is 1.42 bits per heavy atom. The monoisotopic (exact) mass is 498 g/mol. The number of nitrogens with one attached hydrogen (secondary N) is 3. The number of rotatable bonds is 10. The Hall–Kier alpha value is -2.03. The fourth-order valence-corrected chi connectivity index (χ4v) is 6.04. The van der Waals surface area contributed by atoms with Crippen molar-refractivity contribution in [1.82, 2.24) is 15.4 Å². The molecule has 13 heteroatoms. The fraction of sp³-hybridized carbons (Fsp3) is 0.600. The highest BCUT2D eigenvalue weighted by Gasteiger charge is 2.37. The van der Waals surface area contributed by atoms with Crippen molar-refractivity contribution in [3.63, 3.8) is 0 Å². The van der Waals surface area contributed by atoms with Gasteiger partial charge < -0.3 is 36.8 Å². The van der Waals surface area contributed by atoms with Crippen LogP contribution < -0.4 is 31.8 Å². The molecule has 33 heavy (non-hydrogen) atoms. The molecule has 0 spiro atoms. The van der Waals surface area contributed by atoms with Gasteiger partial charge in [-0.1, -0.05) is 0 Å². The van der Waals surface area contributed by atoms with E-state index in [1.807, 2.05) is 4.90 Å². The van der Waals surface area contributed by atoms with Crippen LogP contribution in [-0.4, -0.2) is 66.8 Å². The Morgan fingerprint density at radius 2 is 2.24 bits per heavy atom. The van der Waals surface area contributed by atoms with Gasteiger partial charge in [0.05, 0.1) is 29.0 Å². The van der Waals surface area contributed by atoms with Gasteiger partial charge >= 0.3 is 16.6 Å². The largest absolute Gasteiger partial charge is 0.593 e. The van der Waals surface area contributed by atoms with E-state index in [4.69, 9.17) is 16.7 Å². The summed E-state index contributed by atoms with van der Waals surface area (Å²) in [5.74, 6) is 5.14. The van der Waals surface area contributed by atoms with E-state index in [2.05, 4.69) is 20.5 Å². The number of carbonyl (C=O) groups excluding carboxylic acids is 1. The van der Waals surface area contributed by atoms with Crippen molar-refractivity contribution in [2.75, 3.05) is 44.2 Å². The van der Waals surface area contributed by atoms with Gasteiger partial charge in [-0.25, -0.2) is 0 Å². The van der Waals surface area contributed by atoms with Crippen molar-refractivity contribution in [3.05, 3.63) is 17.7 Å². The number of amides is 1. The smallest absolute Gasteiger partial charge is 0.511 e. The van der Waals surface area contributed by atoms with Gasteiger partial charge in [0.2, 0.25) is 10.8 Å². The van der Waals surface area contributed by atoms with Crippen LogP contribution in [0.15, 0.2) is 27.0 Å². The average molecular weight is 499 g/mol. The molecule has 1 aromatic rings. The van der Waals surface area contributed by atoms with E-state index >= 15 is 0 Å². The molecule has 0 saturated carbocycles. The maximum atomic E-state index is 13.0. The zero-order chi connectivity index (χ0) is 23.8. The lowest BCUT2D eigenvalue weighted by Crippen LogP contribution is -2.44. The van der Waals surface area contributed by atoms with Gasteiger partial charge in [-0.2, -0.15) is 5.10 Å². The molecule has 1 amide bonds. The minimum atomic E-state index is -1.61. The molecule has 2 fully saturated rings. The Morgan fingerprint density at radius 3 is 2.91 bits per heavy atom. The normalized spacial score (nSPS) is 22.2. The number of carbonyl (C=O) groups is 1. The van der Waals surface area contributed by atoms with Crippen LogP contribution in [-0.2, 0) is 32.0 Å². The number of aliphatic hydroxyl groups excluding tert-OH is 1. The summed E-state index contributed by atoms with van der Waals surface area (Å²) in [4.78, 5) is 15.1. The van der Waals surface area contributed by atoms with Gasteiger partial charge in [0.1, 0.15) is 5.56 Å². The van der Waals surface area contributed by atoms with Crippen LogP contribution in [0.25, 0.3) is 0 Å². The lowest BCUT2D eigenvalue weighted by molar-refractivity contribution is -0.125. The van der Waals surface area contributed by atoms with Crippen LogP contribution in [0.5, 0.6) is 0 Å². The van der Waals surface area contributed by atoms with Crippen LogP contribution >= 0.6 is 0 Å². The maximum absolute atomic E-state index is 13.0. The molecule has 182 valence electrons. The summed E-state index contributed by atoms with van der Waals surface area (Å²) in [6.07, 6.45) is 2.87. The van der Waals surface area contributed by atoms with Gasteiger partial charge in [0.25, 0.3) is 0 Å². The van der Waals surface area contributed by atoms with Crippen molar-refractivity contribution in [2.45, 2.75) is 41.5 Å². The Labute approximate surface area is 200 Å². The number of benzene rings is 1. The minimum absolute atomic E-state index is 0.0214. The predicted molar refractivity (Wildman–Crippen MR) is 128 cm³/mol. The van der Waals surface area contributed by atoms with Gasteiger partial charge in [-0.05, 0) is 38.3 Å². The van der Waals surface area contributed by atoms with Gasteiger partial charge in [-0.3, -0.25) is 4.79 Å². The van der Waals surface area contributed by atoms with Crippen LogP contribution in [0.2, 0.25) is 0 Å². The topological polar surface area (TPSA) is 181 Å². The van der Waals surface area contributed by atoms with Crippen LogP contribution in [0.3, 0.4) is 0 Å². The summed E-state index contributed by atoms with van der Waals surface area (Å²) >= 11 is -1.40. The van der Waals surface area contributed by atoms with Crippen molar-refractivity contribution in [2.24, 2.45) is 22.6 Å². The van der Waals surface area contributed by atoms with Crippen molar-refractivity contribution in [3.8, 4) is 0 Å². The van der Waals surface area contributed by atoms with Crippen molar-refractivity contribution < 1.29 is 18.7 Å². The van der Waals surface area contributed by atoms with Gasteiger partial charge in [0, 0.05) is 43.1 Å². The van der Waals surface area contributed by atoms with Gasteiger partial charge in [0.15, 0.2) is 5.84 Å². The maximum Gasteiger partial charge on any atom is 0.511 e. The third kappa shape index (κ3) is 6.31. The molecule has 8 N–H and O–H groups in total. The van der Waals surface area contributed by atoms with E-state index in [0.717, 1.165) is 25.8 Å². The second-order valence-corrected chi connectivity index (χ2v) is 9.90. The molecule has 2 aliphatic rings. The Kier molecular flexibility index (Phi) is 9.64. The molecule has 0 radical (unpaired) electrons. The lowest BCUT2D eigenvalue weighted by atomic mass is 9.95. The molecule has 11 nitrogen and oxygen atoms in total. The van der Waals surface area contributed by atoms with Crippen LogP contribution in [0, 0.1) is 5.92 Å². The lowest BCUT2D eigenvalue weighted by Gasteiger charge is -2.34. The first-order chi connectivity index (χ1) is 16.0. The molecule has 2 unspecified atom stereocenters. The molecule has 1 aromatic carbocycles. The SMILES string of the molecule is N/N=C(\N)c1c(N2CCCC(C(=O)NCCCO)C2)ccc([S+]([O-])N[C@@H]2CCNC2)c1[S+]=O. The number of piperidine rings is 1. The van der Waals surface area contributed by atoms with Crippen LogP contribution in [0.1, 0.15) is 31.2 Å². The first-order valence-corrected chi connectivity index (χ1v) is 12.9. The number of aliphatic hydroxyl groups is 1. The zero-order valence-corrected chi connectivity index (χ0v) is 20.1. The number of hydrogen-bond acceptors (Lipinski definition) is 9. The summed E-state index contributed by atoms with van der Waals surface area (Å²) in [6, 6.07) is 3.48. The summed E-state index contributed by atoms with van der Waals surface area (Å²) < 4.78 is 28.3. The quantitative estimate of drug-likeness (QED) is 0.0573. The highest BCUT2D eigenvalue weighted by Crippen LogP contribution is 2.33. The van der Waals surface area contributed by atoms with E-state index in [9.17, 15) is 13.6 Å². The van der Waals surface area contributed by atoms with E-state index in [0.29, 0.717) is 48.7 Å². The van der Waals surface area contributed by atoms with E-state index in [1.54, 1.807) is 12.1 Å². The summed E-state index contributed by atoms with van der Waals surface area (Å²) in [5.41, 5.74) is 7.08. The molecule has 3 atom stereocenters. The molecular weight excluding hydrogens is 466 g/mol. The number of anilines is 1. The van der Waals surface area contributed by atoms with Crippen molar-refractivity contribution in [1.29, 1.82) is 0 Å². The number of hydrazone groups is 1. The molecule has 0 bridgehead atoms. The second kappa shape index (κ2) is 12.4. The molecule has 2 saturated heterocycles. The standard InChI is InChI=1S/C20H31N7O4S2/c21-19(25-22)17-15(27-9-1-3-13(12-27)20(29)24-7-2-10-28)4-5-16(18(17)32-30)33(31)26-14-6-8-23-11-14/h4-5,13-14,23,26,28H,1-3,6-12H2,(H4-,21,22,24,25,29,30)/p+1/t13?,14-,33?/m1/s1. The number of nitrogens with zero attached hydrogens (tertiary/aromatic N) is 2. The van der Waals surface area contributed by atoms with E-state index in [1.165, 1.54) is 0 Å². The molecule has 2 heterocycles. The Bertz CT molecular complexity index is 867. The molecular formula is C20H32N7O4S2+. The first kappa shape index (κ1) is 25.6. The summed E-state index contributed by atoms with van der Waals surface area (Å²) in [6.45, 7) is 3.10. The first-order valence-electron chi connectivity index (χ1n) is 11.0. The Balaban J connectivity index is 1.88. The average Bonchev–Trinajstić information content (AvgIpc) is 3.35. The van der Waals surface area contributed by atoms with E-state index in [-0.39, 0.29) is 46.9 Å². The number of amidine groups is 1. The summed E-state index contributed by atoms with van der Waals surface area (Å²) in [5, 5.41) is 18.6. The molecule has 0 aliphatic carbocycles. The van der Waals surface area contributed by atoms with E-state index < -0.39 is 11.4 Å². The summed E-state index contributed by atoms with van der Waals surface area (Å²) in [7, 11) is 0. The molecule has 0 aromatic heterocycles. The third-order valence-electron chi connectivity index (χ3n) is 5.88. The molecule has 2 aliphatic heterocycles. The van der Waals surface area contributed by atoms with Gasteiger partial charge in [-0.15, -0.1) is 4.72 Å². The number of hydrogen-bond donors (Lipinski definition) is 6. The highest BCUT2D eigenvalue weighted by atomic mass is 32.2. The van der Waals surface area contributed by atoms with Crippen molar-refractivity contribution >= 4 is 40.5 Å². The number of nitrogens with two attached hydrogens (primary N) is 2. The second-order valence-electron chi connectivity index (χ2n) is 8.11. The minimum Gasteiger partial charge on any atom is -0.593 e.